The van der Waals surface area contributed by atoms with Gasteiger partial charge < -0.3 is 5.11 Å². The molecule has 5 nitrogen and oxygen atoms in total. The Labute approximate surface area is 129 Å². The zero-order valence-electron chi connectivity index (χ0n) is 12.4. The Balaban J connectivity index is 1.71. The summed E-state index contributed by atoms with van der Waals surface area (Å²) < 4.78 is 0. The normalized spacial score (nSPS) is 29.1. The van der Waals surface area contributed by atoms with Gasteiger partial charge in [-0.3, -0.25) is 9.59 Å². The minimum Gasteiger partial charge on any atom is -0.481 e. The first-order valence-electron chi connectivity index (χ1n) is 7.81. The number of hydrazone groups is 1. The molecule has 3 rings (SSSR count). The lowest BCUT2D eigenvalue weighted by Gasteiger charge is -2.38. The van der Waals surface area contributed by atoms with Crippen molar-refractivity contribution in [1.82, 2.24) is 5.43 Å². The van der Waals surface area contributed by atoms with Crippen molar-refractivity contribution in [2.45, 2.75) is 32.1 Å². The summed E-state index contributed by atoms with van der Waals surface area (Å²) in [6, 6.07) is 8.99. The fourth-order valence-corrected chi connectivity index (χ4v) is 3.65. The van der Waals surface area contributed by atoms with E-state index in [9.17, 15) is 14.7 Å². The van der Waals surface area contributed by atoms with Crippen molar-refractivity contribution in [1.29, 1.82) is 0 Å². The Morgan fingerprint density at radius 2 is 1.73 bits per heavy atom. The number of carboxylic acids is 1. The van der Waals surface area contributed by atoms with E-state index in [1.54, 1.807) is 12.1 Å². The molecule has 2 fully saturated rings. The number of nitrogens with one attached hydrogen (secondary N) is 1. The summed E-state index contributed by atoms with van der Waals surface area (Å²) in [7, 11) is 0. The first-order chi connectivity index (χ1) is 10.6. The molecule has 2 saturated carbocycles. The highest BCUT2D eigenvalue weighted by molar-refractivity contribution is 5.97. The van der Waals surface area contributed by atoms with E-state index in [2.05, 4.69) is 10.5 Å². The zero-order chi connectivity index (χ0) is 15.5. The standard InChI is InChI=1S/C17H20N2O3/c20-16(11-5-2-1-3-6-11)19-18-15-12-7-4-8-13(15)10-14(9-12)17(21)22/h1-3,5-6,12-14H,4,7-10H2,(H,19,20)(H,21,22)/t12-,13+,14?. The highest BCUT2D eigenvalue weighted by Gasteiger charge is 2.40. The molecule has 22 heavy (non-hydrogen) atoms. The van der Waals surface area contributed by atoms with Crippen molar-refractivity contribution >= 4 is 17.6 Å². The molecule has 1 amide bonds. The SMILES string of the molecule is O=C(NN=C1[C@@H]2CCC[C@H]1CC(C(=O)O)C2)c1ccccc1. The largest absolute Gasteiger partial charge is 0.481 e. The highest BCUT2D eigenvalue weighted by Crippen LogP contribution is 2.40. The van der Waals surface area contributed by atoms with Crippen molar-refractivity contribution in [3.63, 3.8) is 0 Å². The zero-order valence-corrected chi connectivity index (χ0v) is 12.4. The van der Waals surface area contributed by atoms with E-state index < -0.39 is 5.97 Å². The van der Waals surface area contributed by atoms with Crippen LogP contribution in [0, 0.1) is 17.8 Å². The Bertz CT molecular complexity index is 581. The van der Waals surface area contributed by atoms with Gasteiger partial charge in [0.1, 0.15) is 0 Å². The lowest BCUT2D eigenvalue weighted by Crippen LogP contribution is -2.40. The summed E-state index contributed by atoms with van der Waals surface area (Å²) in [5, 5.41) is 13.6. The van der Waals surface area contributed by atoms with Crippen LogP contribution in [0.25, 0.3) is 0 Å². The Morgan fingerprint density at radius 3 is 2.32 bits per heavy atom. The summed E-state index contributed by atoms with van der Waals surface area (Å²) in [4.78, 5) is 23.3. The average molecular weight is 300 g/mol. The smallest absolute Gasteiger partial charge is 0.306 e. The number of hydrogen-bond acceptors (Lipinski definition) is 3. The van der Waals surface area contributed by atoms with Gasteiger partial charge in [0.15, 0.2) is 0 Å². The third-order valence-electron chi connectivity index (χ3n) is 4.75. The molecule has 5 heteroatoms. The number of benzene rings is 1. The van der Waals surface area contributed by atoms with Crippen LogP contribution >= 0.6 is 0 Å². The van der Waals surface area contributed by atoms with Gasteiger partial charge in [0, 0.05) is 23.1 Å². The third-order valence-corrected chi connectivity index (χ3v) is 4.75. The van der Waals surface area contributed by atoms with Gasteiger partial charge in [-0.1, -0.05) is 24.6 Å². The lowest BCUT2D eigenvalue weighted by molar-refractivity contribution is -0.143. The molecule has 2 N–H and O–H groups in total. The van der Waals surface area contributed by atoms with Crippen molar-refractivity contribution in [2.75, 3.05) is 0 Å². The van der Waals surface area contributed by atoms with Crippen molar-refractivity contribution in [3.8, 4) is 0 Å². The van der Waals surface area contributed by atoms with Gasteiger partial charge in [0.2, 0.25) is 0 Å². The molecule has 0 heterocycles. The molecule has 2 aliphatic rings. The summed E-state index contributed by atoms with van der Waals surface area (Å²) >= 11 is 0. The van der Waals surface area contributed by atoms with Gasteiger partial charge in [-0.15, -0.1) is 0 Å². The van der Waals surface area contributed by atoms with Crippen LogP contribution in [-0.2, 0) is 4.79 Å². The molecule has 2 aliphatic carbocycles. The van der Waals surface area contributed by atoms with E-state index >= 15 is 0 Å². The van der Waals surface area contributed by atoms with E-state index in [4.69, 9.17) is 0 Å². The van der Waals surface area contributed by atoms with Crippen LogP contribution in [-0.4, -0.2) is 22.7 Å². The first-order valence-corrected chi connectivity index (χ1v) is 7.81. The quantitative estimate of drug-likeness (QED) is 0.842. The van der Waals surface area contributed by atoms with Gasteiger partial charge in [-0.2, -0.15) is 5.10 Å². The van der Waals surface area contributed by atoms with E-state index in [1.807, 2.05) is 18.2 Å². The Morgan fingerprint density at radius 1 is 1.09 bits per heavy atom. The van der Waals surface area contributed by atoms with E-state index in [0.717, 1.165) is 25.0 Å². The minimum absolute atomic E-state index is 0.199. The third kappa shape index (κ3) is 3.03. The van der Waals surface area contributed by atoms with E-state index in [0.29, 0.717) is 18.4 Å². The number of carboxylic acid groups (broad SMARTS) is 1. The summed E-state index contributed by atoms with van der Waals surface area (Å²) in [6.45, 7) is 0. The molecule has 0 spiro atoms. The summed E-state index contributed by atoms with van der Waals surface area (Å²) in [5.74, 6) is -0.788. The molecule has 1 aromatic carbocycles. The maximum atomic E-state index is 12.1. The number of hydrogen-bond donors (Lipinski definition) is 2. The molecule has 1 aromatic rings. The number of aliphatic carboxylic acids is 1. The monoisotopic (exact) mass is 300 g/mol. The molecule has 116 valence electrons. The molecule has 1 unspecified atom stereocenters. The van der Waals surface area contributed by atoms with E-state index in [1.165, 1.54) is 0 Å². The minimum atomic E-state index is -0.704. The Hall–Kier alpha value is -2.17. The summed E-state index contributed by atoms with van der Waals surface area (Å²) in [5.41, 5.74) is 4.22. The predicted octanol–water partition coefficient (Wildman–Crippen LogP) is 2.68. The molecule has 0 aliphatic heterocycles. The topological polar surface area (TPSA) is 78.8 Å². The number of carbonyl (C=O) groups is 2. The van der Waals surface area contributed by atoms with E-state index in [-0.39, 0.29) is 23.7 Å². The number of rotatable bonds is 3. The summed E-state index contributed by atoms with van der Waals surface area (Å²) in [6.07, 6.45) is 4.35. The maximum absolute atomic E-state index is 12.1. The maximum Gasteiger partial charge on any atom is 0.306 e. The van der Waals surface area contributed by atoms with Gasteiger partial charge >= 0.3 is 5.97 Å². The fourth-order valence-electron chi connectivity index (χ4n) is 3.65. The molecule has 0 saturated heterocycles. The van der Waals surface area contributed by atoms with Crippen LogP contribution in [0.4, 0.5) is 0 Å². The molecular weight excluding hydrogens is 280 g/mol. The van der Waals surface area contributed by atoms with Gasteiger partial charge in [0.05, 0.1) is 5.92 Å². The first kappa shape index (κ1) is 14.8. The molecule has 2 bridgehead atoms. The van der Waals surface area contributed by atoms with Crippen LogP contribution in [0.5, 0.6) is 0 Å². The van der Waals surface area contributed by atoms with Gasteiger partial charge in [-0.05, 0) is 37.8 Å². The number of carbonyl (C=O) groups excluding carboxylic acids is 1. The van der Waals surface area contributed by atoms with Crippen LogP contribution < -0.4 is 5.43 Å². The van der Waals surface area contributed by atoms with Crippen LogP contribution in [0.1, 0.15) is 42.5 Å². The van der Waals surface area contributed by atoms with Gasteiger partial charge in [-0.25, -0.2) is 5.43 Å². The number of nitrogens with zero attached hydrogens (tertiary/aromatic N) is 1. The average Bonchev–Trinajstić information content (AvgIpc) is 2.52. The second kappa shape index (κ2) is 6.30. The molecular formula is C17H20N2O3. The van der Waals surface area contributed by atoms with Crippen LogP contribution in [0.15, 0.2) is 35.4 Å². The predicted molar refractivity (Wildman–Crippen MR) is 82.5 cm³/mol. The highest BCUT2D eigenvalue weighted by atomic mass is 16.4. The lowest BCUT2D eigenvalue weighted by atomic mass is 9.66. The number of fused-ring (bicyclic) bond motifs is 2. The fraction of sp³-hybridized carbons (Fsp3) is 0.471. The van der Waals surface area contributed by atoms with Crippen LogP contribution in [0.2, 0.25) is 0 Å². The second-order valence-corrected chi connectivity index (χ2v) is 6.17. The molecule has 0 radical (unpaired) electrons. The molecule has 0 aromatic heterocycles. The van der Waals surface area contributed by atoms with Gasteiger partial charge in [0.25, 0.3) is 5.91 Å². The molecule has 3 atom stereocenters. The second-order valence-electron chi connectivity index (χ2n) is 6.17. The van der Waals surface area contributed by atoms with Crippen molar-refractivity contribution in [3.05, 3.63) is 35.9 Å². The van der Waals surface area contributed by atoms with Crippen molar-refractivity contribution < 1.29 is 14.7 Å². The van der Waals surface area contributed by atoms with Crippen LogP contribution in [0.3, 0.4) is 0 Å². The number of amides is 1. The van der Waals surface area contributed by atoms with Crippen molar-refractivity contribution in [2.24, 2.45) is 22.9 Å². The Kier molecular flexibility index (Phi) is 4.22.